The van der Waals surface area contributed by atoms with Crippen LogP contribution in [0.25, 0.3) is 0 Å². The number of sulfone groups is 1. The zero-order valence-corrected chi connectivity index (χ0v) is 16.6. The van der Waals surface area contributed by atoms with Crippen LogP contribution in [0.3, 0.4) is 0 Å². The summed E-state index contributed by atoms with van der Waals surface area (Å²) in [6.07, 6.45) is 0.536. The van der Waals surface area contributed by atoms with Crippen LogP contribution in [0.4, 0.5) is 0 Å². The van der Waals surface area contributed by atoms with Gasteiger partial charge in [0, 0.05) is 23.0 Å². The quantitative estimate of drug-likeness (QED) is 0.559. The van der Waals surface area contributed by atoms with Gasteiger partial charge in [0.15, 0.2) is 16.4 Å². The summed E-state index contributed by atoms with van der Waals surface area (Å²) in [7, 11) is -3.03. The Labute approximate surface area is 163 Å². The Bertz CT molecular complexity index is 1010. The Morgan fingerprint density at radius 1 is 1.22 bits per heavy atom. The van der Waals surface area contributed by atoms with Gasteiger partial charge in [-0.2, -0.15) is 0 Å². The van der Waals surface area contributed by atoms with E-state index in [0.29, 0.717) is 17.7 Å². The van der Waals surface area contributed by atoms with Crippen molar-refractivity contribution in [1.82, 2.24) is 4.57 Å². The second-order valence-electron chi connectivity index (χ2n) is 6.69. The fourth-order valence-electron chi connectivity index (χ4n) is 3.51. The Balaban J connectivity index is 1.73. The molecule has 1 aromatic heterocycles. The first kappa shape index (κ1) is 19.6. The average molecular weight is 410 g/mol. The van der Waals surface area contributed by atoms with Gasteiger partial charge in [0.2, 0.25) is 5.78 Å². The molecule has 3 rings (SSSR count). The minimum Gasteiger partial charge on any atom is -0.454 e. The first-order valence-corrected chi connectivity index (χ1v) is 10.7. The van der Waals surface area contributed by atoms with E-state index in [1.807, 2.05) is 11.5 Å². The maximum atomic E-state index is 12.6. The number of halogens is 1. The molecule has 1 atom stereocenters. The van der Waals surface area contributed by atoms with Gasteiger partial charge in [-0.25, -0.2) is 13.2 Å². The standard InChI is InChI=1S/C19H20ClNO5S/c1-12-9-16(13(2)21(12)14-7-8-27(24,25)11-14)18(22)10-26-19(23)15-5-3-4-6-17(15)20/h3-6,9,14H,7-8,10-11H2,1-2H3/t14-/m0/s1. The van der Waals surface area contributed by atoms with Gasteiger partial charge in [0.05, 0.1) is 22.1 Å². The molecular weight excluding hydrogens is 390 g/mol. The Morgan fingerprint density at radius 3 is 2.56 bits per heavy atom. The summed E-state index contributed by atoms with van der Waals surface area (Å²) in [6.45, 7) is 3.21. The molecule has 1 aliphatic rings. The van der Waals surface area contributed by atoms with Crippen molar-refractivity contribution in [3.63, 3.8) is 0 Å². The van der Waals surface area contributed by atoms with E-state index in [2.05, 4.69) is 0 Å². The summed E-state index contributed by atoms with van der Waals surface area (Å²) < 4.78 is 30.5. The van der Waals surface area contributed by atoms with E-state index >= 15 is 0 Å². The van der Waals surface area contributed by atoms with Crippen molar-refractivity contribution in [3.8, 4) is 0 Å². The number of hydrogen-bond donors (Lipinski definition) is 0. The zero-order chi connectivity index (χ0) is 19.8. The number of rotatable bonds is 5. The highest BCUT2D eigenvalue weighted by Crippen LogP contribution is 2.29. The molecule has 0 spiro atoms. The number of benzene rings is 1. The number of aryl methyl sites for hydroxylation is 1. The van der Waals surface area contributed by atoms with Crippen LogP contribution in [0.2, 0.25) is 5.02 Å². The van der Waals surface area contributed by atoms with Crippen molar-refractivity contribution < 1.29 is 22.7 Å². The van der Waals surface area contributed by atoms with E-state index in [9.17, 15) is 18.0 Å². The molecule has 0 radical (unpaired) electrons. The van der Waals surface area contributed by atoms with Crippen LogP contribution in [-0.2, 0) is 14.6 Å². The van der Waals surface area contributed by atoms with Crippen LogP contribution < -0.4 is 0 Å². The molecular formula is C19H20ClNO5S. The van der Waals surface area contributed by atoms with Gasteiger partial charge in [-0.1, -0.05) is 23.7 Å². The third kappa shape index (κ3) is 4.09. The number of nitrogens with zero attached hydrogens (tertiary/aromatic N) is 1. The monoisotopic (exact) mass is 409 g/mol. The largest absolute Gasteiger partial charge is 0.454 e. The molecule has 8 heteroatoms. The summed E-state index contributed by atoms with van der Waals surface area (Å²) in [5.74, 6) is -0.758. The van der Waals surface area contributed by atoms with Crippen LogP contribution in [0.1, 0.15) is 44.6 Å². The molecule has 0 N–H and O–H groups in total. The predicted octanol–water partition coefficient (Wildman–Crippen LogP) is 3.16. The van der Waals surface area contributed by atoms with E-state index in [1.54, 1.807) is 31.2 Å². The second-order valence-corrected chi connectivity index (χ2v) is 9.33. The first-order valence-electron chi connectivity index (χ1n) is 8.53. The average Bonchev–Trinajstić information content (AvgIpc) is 3.11. The molecule has 2 heterocycles. The van der Waals surface area contributed by atoms with E-state index in [1.165, 1.54) is 6.07 Å². The van der Waals surface area contributed by atoms with E-state index in [4.69, 9.17) is 16.3 Å². The van der Waals surface area contributed by atoms with Crippen LogP contribution >= 0.6 is 11.6 Å². The van der Waals surface area contributed by atoms with E-state index in [0.717, 1.165) is 5.69 Å². The lowest BCUT2D eigenvalue weighted by atomic mass is 10.1. The molecule has 1 fully saturated rings. The molecule has 1 aliphatic heterocycles. The number of hydrogen-bond acceptors (Lipinski definition) is 5. The molecule has 0 saturated carbocycles. The number of aromatic nitrogens is 1. The summed E-state index contributed by atoms with van der Waals surface area (Å²) in [5.41, 5.74) is 2.14. The Kier molecular flexibility index (Phi) is 5.44. The van der Waals surface area contributed by atoms with E-state index in [-0.39, 0.29) is 33.9 Å². The molecule has 6 nitrogen and oxygen atoms in total. The molecule has 1 saturated heterocycles. The fraction of sp³-hybridized carbons (Fsp3) is 0.368. The third-order valence-electron chi connectivity index (χ3n) is 4.79. The van der Waals surface area contributed by atoms with Crippen molar-refractivity contribution in [2.24, 2.45) is 0 Å². The van der Waals surface area contributed by atoms with Crippen molar-refractivity contribution in [2.75, 3.05) is 18.1 Å². The maximum Gasteiger partial charge on any atom is 0.340 e. The minimum atomic E-state index is -3.03. The van der Waals surface area contributed by atoms with Crippen LogP contribution in [0.5, 0.6) is 0 Å². The number of carbonyl (C=O) groups excluding carboxylic acids is 2. The lowest BCUT2D eigenvalue weighted by Gasteiger charge is -2.16. The minimum absolute atomic E-state index is 0.0818. The predicted molar refractivity (Wildman–Crippen MR) is 102 cm³/mol. The van der Waals surface area contributed by atoms with Gasteiger partial charge in [0.1, 0.15) is 0 Å². The number of ether oxygens (including phenoxy) is 1. The SMILES string of the molecule is Cc1cc(C(=O)COC(=O)c2ccccc2Cl)c(C)n1[C@H]1CCS(=O)(=O)C1. The zero-order valence-electron chi connectivity index (χ0n) is 15.1. The summed E-state index contributed by atoms with van der Waals surface area (Å²) in [6, 6.07) is 8.01. The van der Waals surface area contributed by atoms with E-state index < -0.39 is 22.4 Å². The highest BCUT2D eigenvalue weighted by atomic mass is 35.5. The van der Waals surface area contributed by atoms with Gasteiger partial charge in [-0.15, -0.1) is 0 Å². The summed E-state index contributed by atoms with van der Waals surface area (Å²) in [4.78, 5) is 24.7. The molecule has 0 bridgehead atoms. The smallest absolute Gasteiger partial charge is 0.340 e. The van der Waals surface area contributed by atoms with Crippen LogP contribution in [-0.4, -0.2) is 42.9 Å². The normalized spacial score (nSPS) is 18.4. The van der Waals surface area contributed by atoms with Gasteiger partial charge < -0.3 is 9.30 Å². The lowest BCUT2D eigenvalue weighted by Crippen LogP contribution is -2.17. The summed E-state index contributed by atoms with van der Waals surface area (Å²) >= 11 is 5.96. The highest BCUT2D eigenvalue weighted by Gasteiger charge is 2.31. The highest BCUT2D eigenvalue weighted by molar-refractivity contribution is 7.91. The van der Waals surface area contributed by atoms with Crippen LogP contribution in [0, 0.1) is 13.8 Å². The molecule has 2 aromatic rings. The topological polar surface area (TPSA) is 82.4 Å². The number of Topliss-reactive ketones (excluding diaryl/α,β-unsaturated/α-hetero) is 1. The van der Waals surface area contributed by atoms with Crippen molar-refractivity contribution >= 4 is 33.2 Å². The van der Waals surface area contributed by atoms with Crippen molar-refractivity contribution in [2.45, 2.75) is 26.3 Å². The molecule has 1 aromatic carbocycles. The first-order chi connectivity index (χ1) is 12.7. The number of carbonyl (C=O) groups is 2. The molecule has 0 amide bonds. The van der Waals surface area contributed by atoms with Crippen molar-refractivity contribution in [3.05, 3.63) is 57.9 Å². The second kappa shape index (κ2) is 7.48. The number of esters is 1. The molecule has 27 heavy (non-hydrogen) atoms. The third-order valence-corrected chi connectivity index (χ3v) is 6.87. The van der Waals surface area contributed by atoms with Crippen molar-refractivity contribution in [1.29, 1.82) is 0 Å². The van der Waals surface area contributed by atoms with Gasteiger partial charge in [-0.3, -0.25) is 4.79 Å². The Hall–Kier alpha value is -2.12. The van der Waals surface area contributed by atoms with Gasteiger partial charge in [-0.05, 0) is 38.5 Å². The Morgan fingerprint density at radius 2 is 1.93 bits per heavy atom. The van der Waals surface area contributed by atoms with Crippen LogP contribution in [0.15, 0.2) is 30.3 Å². The summed E-state index contributed by atoms with van der Waals surface area (Å²) in [5, 5.41) is 0.260. The number of ketones is 1. The molecule has 0 aliphatic carbocycles. The molecule has 0 unspecified atom stereocenters. The van der Waals surface area contributed by atoms with Gasteiger partial charge in [0.25, 0.3) is 0 Å². The molecule has 144 valence electrons. The fourth-order valence-corrected chi connectivity index (χ4v) is 5.43. The van der Waals surface area contributed by atoms with Gasteiger partial charge >= 0.3 is 5.97 Å². The lowest BCUT2D eigenvalue weighted by molar-refractivity contribution is 0.0474. The maximum absolute atomic E-state index is 12.6.